The first-order valence-corrected chi connectivity index (χ1v) is 8.09. The van der Waals surface area contributed by atoms with Crippen LogP contribution in [0.5, 0.6) is 0 Å². The van der Waals surface area contributed by atoms with Gasteiger partial charge in [0.25, 0.3) is 5.69 Å². The van der Waals surface area contributed by atoms with E-state index < -0.39 is 0 Å². The molecule has 0 bridgehead atoms. The van der Waals surface area contributed by atoms with E-state index in [1.807, 2.05) is 44.2 Å². The number of benzene rings is 2. The fraction of sp³-hybridized carbons (Fsp3) is 0.250. The molecular formula is C20H19NO3. The topological polar surface area (TPSA) is 60.2 Å². The van der Waals surface area contributed by atoms with Crippen molar-refractivity contribution in [2.45, 2.75) is 32.6 Å². The van der Waals surface area contributed by atoms with Gasteiger partial charge in [-0.25, -0.2) is 0 Å². The largest absolute Gasteiger partial charge is 0.289 e. The highest BCUT2D eigenvalue weighted by Crippen LogP contribution is 2.30. The van der Waals surface area contributed by atoms with E-state index in [1.165, 1.54) is 0 Å². The zero-order valence-electron chi connectivity index (χ0n) is 13.8. The number of fused-ring (bicyclic) bond motifs is 1. The van der Waals surface area contributed by atoms with Gasteiger partial charge in [-0.3, -0.25) is 14.9 Å². The second-order valence-electron chi connectivity index (χ2n) is 6.39. The van der Waals surface area contributed by atoms with E-state index in [9.17, 15) is 14.9 Å². The molecule has 24 heavy (non-hydrogen) atoms. The van der Waals surface area contributed by atoms with E-state index in [1.54, 1.807) is 18.2 Å². The highest BCUT2D eigenvalue weighted by Gasteiger charge is 2.22. The summed E-state index contributed by atoms with van der Waals surface area (Å²) in [4.78, 5) is 23.6. The first kappa shape index (κ1) is 16.1. The van der Waals surface area contributed by atoms with Gasteiger partial charge in [-0.1, -0.05) is 50.2 Å². The van der Waals surface area contributed by atoms with Crippen molar-refractivity contribution in [2.75, 3.05) is 0 Å². The Balaban J connectivity index is 1.99. The van der Waals surface area contributed by atoms with Crippen LogP contribution in [0.3, 0.4) is 0 Å². The predicted molar refractivity (Wildman–Crippen MR) is 94.3 cm³/mol. The number of rotatable bonds is 3. The van der Waals surface area contributed by atoms with Gasteiger partial charge in [-0.15, -0.1) is 0 Å². The van der Waals surface area contributed by atoms with Crippen molar-refractivity contribution >= 4 is 17.5 Å². The van der Waals surface area contributed by atoms with Crippen LogP contribution in [-0.2, 0) is 6.42 Å². The van der Waals surface area contributed by atoms with Crippen LogP contribution in [0.25, 0.3) is 6.08 Å². The Bertz CT molecular complexity index is 850. The number of nitro groups is 1. The monoisotopic (exact) mass is 321 g/mol. The number of Topliss-reactive ketones (excluding diaryl/α,β-unsaturated/α-hetero) is 1. The minimum Gasteiger partial charge on any atom is -0.289 e. The maximum atomic E-state index is 12.6. The molecule has 2 aromatic rings. The summed E-state index contributed by atoms with van der Waals surface area (Å²) in [6.07, 6.45) is 3.27. The van der Waals surface area contributed by atoms with E-state index in [-0.39, 0.29) is 22.3 Å². The number of carbonyl (C=O) groups is 1. The van der Waals surface area contributed by atoms with Gasteiger partial charge in [-0.2, -0.15) is 0 Å². The van der Waals surface area contributed by atoms with Crippen LogP contribution in [0.1, 0.15) is 53.2 Å². The van der Waals surface area contributed by atoms with Gasteiger partial charge in [0, 0.05) is 22.8 Å². The number of ketones is 1. The van der Waals surface area contributed by atoms with Crippen molar-refractivity contribution in [1.29, 1.82) is 0 Å². The molecule has 0 saturated heterocycles. The average Bonchev–Trinajstić information content (AvgIpc) is 2.57. The van der Waals surface area contributed by atoms with E-state index >= 15 is 0 Å². The van der Waals surface area contributed by atoms with Gasteiger partial charge < -0.3 is 0 Å². The number of allylic oxidation sites excluding steroid dienone is 1. The Hall–Kier alpha value is -2.75. The maximum Gasteiger partial charge on any atom is 0.273 e. The highest BCUT2D eigenvalue weighted by atomic mass is 16.6. The van der Waals surface area contributed by atoms with Crippen LogP contribution >= 0.6 is 0 Å². The van der Waals surface area contributed by atoms with E-state index in [2.05, 4.69) is 0 Å². The fourth-order valence-electron chi connectivity index (χ4n) is 3.15. The van der Waals surface area contributed by atoms with Crippen molar-refractivity contribution in [3.8, 4) is 0 Å². The fourth-order valence-corrected chi connectivity index (χ4v) is 3.15. The van der Waals surface area contributed by atoms with Gasteiger partial charge in [0.2, 0.25) is 0 Å². The Morgan fingerprint density at radius 3 is 2.58 bits per heavy atom. The molecule has 0 fully saturated rings. The third-order valence-electron chi connectivity index (χ3n) is 4.43. The predicted octanol–water partition coefficient (Wildman–Crippen LogP) is 4.93. The summed E-state index contributed by atoms with van der Waals surface area (Å²) in [5, 5.41) is 11.3. The molecule has 122 valence electrons. The highest BCUT2D eigenvalue weighted by molar-refractivity contribution is 6.13. The Labute approximate surface area is 141 Å². The quantitative estimate of drug-likeness (QED) is 0.457. The van der Waals surface area contributed by atoms with E-state index in [0.29, 0.717) is 23.1 Å². The summed E-state index contributed by atoms with van der Waals surface area (Å²) in [7, 11) is 0. The molecule has 1 aliphatic rings. The minimum absolute atomic E-state index is 0.0208. The summed E-state index contributed by atoms with van der Waals surface area (Å²) in [6, 6.07) is 12.8. The van der Waals surface area contributed by atoms with Crippen molar-refractivity contribution in [1.82, 2.24) is 0 Å². The molecule has 0 spiro atoms. The molecule has 0 N–H and O–H groups in total. The van der Waals surface area contributed by atoms with Crippen molar-refractivity contribution in [3.05, 3.63) is 80.4 Å². The van der Waals surface area contributed by atoms with Gasteiger partial charge in [0.15, 0.2) is 5.78 Å². The third-order valence-corrected chi connectivity index (χ3v) is 4.43. The molecule has 0 atom stereocenters. The lowest BCUT2D eigenvalue weighted by atomic mass is 9.86. The van der Waals surface area contributed by atoms with Crippen LogP contribution in [0.4, 0.5) is 5.69 Å². The molecule has 0 radical (unpaired) electrons. The molecule has 3 rings (SSSR count). The summed E-state index contributed by atoms with van der Waals surface area (Å²) in [5.74, 6) is 0.0998. The summed E-state index contributed by atoms with van der Waals surface area (Å²) in [6.45, 7) is 3.87. The SMILES string of the molecule is CC(C)c1ccc(/C=C2\CCc3ccccc3C2=O)cc1[N+](=O)[O-]. The van der Waals surface area contributed by atoms with Gasteiger partial charge in [-0.05, 0) is 36.0 Å². The van der Waals surface area contributed by atoms with E-state index in [0.717, 1.165) is 17.5 Å². The lowest BCUT2D eigenvalue weighted by Crippen LogP contribution is -2.13. The van der Waals surface area contributed by atoms with Crippen molar-refractivity contribution in [2.24, 2.45) is 0 Å². The molecule has 0 unspecified atom stereocenters. The third kappa shape index (κ3) is 3.00. The van der Waals surface area contributed by atoms with Crippen LogP contribution in [0, 0.1) is 10.1 Å². The van der Waals surface area contributed by atoms with Crippen molar-refractivity contribution < 1.29 is 9.72 Å². The number of hydrogen-bond donors (Lipinski definition) is 0. The van der Waals surface area contributed by atoms with Gasteiger partial charge in [0.05, 0.1) is 4.92 Å². The van der Waals surface area contributed by atoms with Crippen LogP contribution in [0.15, 0.2) is 48.0 Å². The zero-order chi connectivity index (χ0) is 17.3. The number of hydrogen-bond acceptors (Lipinski definition) is 3. The second-order valence-corrected chi connectivity index (χ2v) is 6.39. The Morgan fingerprint density at radius 2 is 1.88 bits per heavy atom. The van der Waals surface area contributed by atoms with Crippen LogP contribution in [-0.4, -0.2) is 10.7 Å². The number of carbonyl (C=O) groups excluding carboxylic acids is 1. The number of aryl methyl sites for hydroxylation is 1. The molecule has 4 heteroatoms. The lowest BCUT2D eigenvalue weighted by Gasteiger charge is -2.17. The number of nitro benzene ring substituents is 1. The molecule has 1 aliphatic carbocycles. The molecule has 2 aromatic carbocycles. The average molecular weight is 321 g/mol. The molecule has 0 amide bonds. The molecular weight excluding hydrogens is 302 g/mol. The molecule has 0 saturated carbocycles. The van der Waals surface area contributed by atoms with E-state index in [4.69, 9.17) is 0 Å². The minimum atomic E-state index is -0.352. The summed E-state index contributed by atoms with van der Waals surface area (Å²) < 4.78 is 0. The van der Waals surface area contributed by atoms with Crippen LogP contribution in [0.2, 0.25) is 0 Å². The smallest absolute Gasteiger partial charge is 0.273 e. The Kier molecular flexibility index (Phi) is 4.30. The molecule has 0 aliphatic heterocycles. The van der Waals surface area contributed by atoms with Gasteiger partial charge >= 0.3 is 0 Å². The first-order chi connectivity index (χ1) is 11.5. The molecule has 0 heterocycles. The first-order valence-electron chi connectivity index (χ1n) is 8.09. The van der Waals surface area contributed by atoms with Crippen LogP contribution < -0.4 is 0 Å². The number of nitrogens with zero attached hydrogens (tertiary/aromatic N) is 1. The second kappa shape index (κ2) is 6.40. The summed E-state index contributed by atoms with van der Waals surface area (Å²) in [5.41, 5.74) is 4.05. The molecule has 0 aromatic heterocycles. The maximum absolute atomic E-state index is 12.6. The standard InChI is InChI=1S/C20H19NO3/c1-13(2)17-10-7-14(12-19(17)21(23)24)11-16-9-8-15-5-3-4-6-18(15)20(16)22/h3-7,10-13H,8-9H2,1-2H3/b16-11+. The normalized spacial score (nSPS) is 15.6. The van der Waals surface area contributed by atoms with Gasteiger partial charge in [0.1, 0.15) is 0 Å². The zero-order valence-corrected chi connectivity index (χ0v) is 13.8. The summed E-state index contributed by atoms with van der Waals surface area (Å²) >= 11 is 0. The Morgan fingerprint density at radius 1 is 1.12 bits per heavy atom. The molecule has 4 nitrogen and oxygen atoms in total. The lowest BCUT2D eigenvalue weighted by molar-refractivity contribution is -0.385. The van der Waals surface area contributed by atoms with Crippen molar-refractivity contribution in [3.63, 3.8) is 0 Å².